The summed E-state index contributed by atoms with van der Waals surface area (Å²) >= 11 is 6.09. The summed E-state index contributed by atoms with van der Waals surface area (Å²) in [6.07, 6.45) is 0. The molecule has 0 heterocycles. The van der Waals surface area contributed by atoms with Gasteiger partial charge in [0, 0.05) is 18.4 Å². The van der Waals surface area contributed by atoms with Crippen molar-refractivity contribution in [3.05, 3.63) is 52.5 Å². The maximum atomic E-state index is 6.09. The van der Waals surface area contributed by atoms with E-state index < -0.39 is 0 Å². The van der Waals surface area contributed by atoms with Crippen molar-refractivity contribution >= 4 is 28.7 Å². The fourth-order valence-corrected chi connectivity index (χ4v) is 2.12. The number of hydrogen-bond acceptors (Lipinski definition) is 2. The summed E-state index contributed by atoms with van der Waals surface area (Å²) in [4.78, 5) is 2.11. The summed E-state index contributed by atoms with van der Waals surface area (Å²) in [6, 6.07) is 12.2. The standard InChI is InChI=1S/C15H17ClN2/c1-10-4-6-12(7-5-10)18(3)15-9-13(16)14(17)8-11(15)2/h4-9H,17H2,1-3H3. The summed E-state index contributed by atoms with van der Waals surface area (Å²) in [5, 5.41) is 0.592. The molecule has 0 aromatic heterocycles. The second-order valence-corrected chi connectivity index (χ2v) is 4.96. The number of halogens is 1. The van der Waals surface area contributed by atoms with E-state index in [1.54, 1.807) is 0 Å². The third-order valence-electron chi connectivity index (χ3n) is 3.10. The average Bonchev–Trinajstić information content (AvgIpc) is 2.34. The van der Waals surface area contributed by atoms with E-state index in [1.165, 1.54) is 5.56 Å². The van der Waals surface area contributed by atoms with E-state index in [2.05, 4.69) is 36.1 Å². The second-order valence-electron chi connectivity index (χ2n) is 4.55. The molecule has 2 rings (SSSR count). The van der Waals surface area contributed by atoms with Gasteiger partial charge in [-0.2, -0.15) is 0 Å². The Hall–Kier alpha value is -1.67. The minimum Gasteiger partial charge on any atom is -0.398 e. The minimum absolute atomic E-state index is 0.592. The van der Waals surface area contributed by atoms with E-state index in [0.717, 1.165) is 16.9 Å². The molecule has 2 aromatic carbocycles. The first-order valence-corrected chi connectivity index (χ1v) is 6.23. The lowest BCUT2D eigenvalue weighted by Crippen LogP contribution is -2.11. The minimum atomic E-state index is 0.592. The van der Waals surface area contributed by atoms with E-state index in [1.807, 2.05) is 26.1 Å². The maximum absolute atomic E-state index is 6.09. The first-order chi connectivity index (χ1) is 8.49. The molecule has 94 valence electrons. The highest BCUT2D eigenvalue weighted by Crippen LogP contribution is 2.32. The molecule has 2 nitrogen and oxygen atoms in total. The van der Waals surface area contributed by atoms with Crippen LogP contribution in [0.25, 0.3) is 0 Å². The Labute approximate surface area is 113 Å². The molecule has 2 aromatic rings. The normalized spacial score (nSPS) is 10.4. The van der Waals surface area contributed by atoms with Crippen LogP contribution in [0.2, 0.25) is 5.02 Å². The molecule has 0 spiro atoms. The van der Waals surface area contributed by atoms with Gasteiger partial charge in [0.05, 0.1) is 10.7 Å². The van der Waals surface area contributed by atoms with Crippen LogP contribution in [-0.2, 0) is 0 Å². The maximum Gasteiger partial charge on any atom is 0.0656 e. The van der Waals surface area contributed by atoms with E-state index in [-0.39, 0.29) is 0 Å². The van der Waals surface area contributed by atoms with Crippen LogP contribution in [-0.4, -0.2) is 7.05 Å². The molecule has 0 radical (unpaired) electrons. The van der Waals surface area contributed by atoms with E-state index in [9.17, 15) is 0 Å². The molecule has 0 saturated carbocycles. The number of hydrogen-bond donors (Lipinski definition) is 1. The monoisotopic (exact) mass is 260 g/mol. The molecule has 0 unspecified atom stereocenters. The molecule has 0 aliphatic rings. The van der Waals surface area contributed by atoms with Crippen LogP contribution in [0.5, 0.6) is 0 Å². The zero-order valence-electron chi connectivity index (χ0n) is 10.9. The van der Waals surface area contributed by atoms with Crippen LogP contribution in [0.15, 0.2) is 36.4 Å². The number of nitrogen functional groups attached to an aromatic ring is 1. The highest BCUT2D eigenvalue weighted by atomic mass is 35.5. The van der Waals surface area contributed by atoms with Gasteiger partial charge < -0.3 is 10.6 Å². The van der Waals surface area contributed by atoms with Gasteiger partial charge >= 0.3 is 0 Å². The summed E-state index contributed by atoms with van der Waals surface area (Å²) in [7, 11) is 2.03. The zero-order chi connectivity index (χ0) is 13.3. The Kier molecular flexibility index (Phi) is 3.48. The molecule has 0 fully saturated rings. The first kappa shape index (κ1) is 12.8. The van der Waals surface area contributed by atoms with Crippen LogP contribution in [0.1, 0.15) is 11.1 Å². The van der Waals surface area contributed by atoms with Gasteiger partial charge in [-0.15, -0.1) is 0 Å². The molecule has 0 aliphatic carbocycles. The van der Waals surface area contributed by atoms with Gasteiger partial charge in [-0.25, -0.2) is 0 Å². The Morgan fingerprint density at radius 3 is 2.28 bits per heavy atom. The summed E-state index contributed by atoms with van der Waals surface area (Å²) in [6.45, 7) is 4.11. The molecular weight excluding hydrogens is 244 g/mol. The third-order valence-corrected chi connectivity index (χ3v) is 3.43. The molecule has 0 bridgehead atoms. The fraction of sp³-hybridized carbons (Fsp3) is 0.200. The highest BCUT2D eigenvalue weighted by Gasteiger charge is 2.09. The van der Waals surface area contributed by atoms with Gasteiger partial charge in [0.15, 0.2) is 0 Å². The van der Waals surface area contributed by atoms with Crippen LogP contribution in [0.4, 0.5) is 17.1 Å². The van der Waals surface area contributed by atoms with Gasteiger partial charge in [0.1, 0.15) is 0 Å². The number of nitrogens with two attached hydrogens (primary N) is 1. The first-order valence-electron chi connectivity index (χ1n) is 5.85. The summed E-state index contributed by atoms with van der Waals surface area (Å²) < 4.78 is 0. The van der Waals surface area contributed by atoms with E-state index in [4.69, 9.17) is 17.3 Å². The largest absolute Gasteiger partial charge is 0.398 e. The molecular formula is C15H17ClN2. The van der Waals surface area contributed by atoms with Crippen molar-refractivity contribution < 1.29 is 0 Å². The van der Waals surface area contributed by atoms with Crippen molar-refractivity contribution in [3.63, 3.8) is 0 Å². The summed E-state index contributed by atoms with van der Waals surface area (Å²) in [5.41, 5.74) is 11.0. The average molecular weight is 261 g/mol. The van der Waals surface area contributed by atoms with Crippen molar-refractivity contribution in [2.45, 2.75) is 13.8 Å². The topological polar surface area (TPSA) is 29.3 Å². The van der Waals surface area contributed by atoms with Crippen molar-refractivity contribution in [2.24, 2.45) is 0 Å². The molecule has 0 saturated heterocycles. The van der Waals surface area contributed by atoms with Gasteiger partial charge in [-0.3, -0.25) is 0 Å². The number of rotatable bonds is 2. The smallest absolute Gasteiger partial charge is 0.0656 e. The SMILES string of the molecule is Cc1ccc(N(C)c2cc(Cl)c(N)cc2C)cc1. The predicted octanol–water partition coefficient (Wildman–Crippen LogP) is 4.31. The predicted molar refractivity (Wildman–Crippen MR) is 79.8 cm³/mol. The van der Waals surface area contributed by atoms with Gasteiger partial charge in [-0.05, 0) is 43.7 Å². The second kappa shape index (κ2) is 4.91. The fourth-order valence-electron chi connectivity index (χ4n) is 1.96. The lowest BCUT2D eigenvalue weighted by atomic mass is 10.1. The molecule has 0 atom stereocenters. The quantitative estimate of drug-likeness (QED) is 0.816. The molecule has 18 heavy (non-hydrogen) atoms. The molecule has 0 amide bonds. The molecule has 2 N–H and O–H groups in total. The van der Waals surface area contributed by atoms with Crippen LogP contribution in [0.3, 0.4) is 0 Å². The van der Waals surface area contributed by atoms with Crippen LogP contribution < -0.4 is 10.6 Å². The summed E-state index contributed by atoms with van der Waals surface area (Å²) in [5.74, 6) is 0. The number of nitrogens with zero attached hydrogens (tertiary/aromatic N) is 1. The van der Waals surface area contributed by atoms with Crippen LogP contribution >= 0.6 is 11.6 Å². The zero-order valence-corrected chi connectivity index (χ0v) is 11.6. The van der Waals surface area contributed by atoms with Gasteiger partial charge in [0.25, 0.3) is 0 Å². The van der Waals surface area contributed by atoms with Gasteiger partial charge in [-0.1, -0.05) is 29.3 Å². The van der Waals surface area contributed by atoms with Crippen LogP contribution in [0, 0.1) is 13.8 Å². The number of anilines is 3. The highest BCUT2D eigenvalue weighted by molar-refractivity contribution is 6.33. The Bertz CT molecular complexity index is 561. The van der Waals surface area contributed by atoms with Crippen molar-refractivity contribution in [3.8, 4) is 0 Å². The Morgan fingerprint density at radius 2 is 1.67 bits per heavy atom. The van der Waals surface area contributed by atoms with E-state index >= 15 is 0 Å². The molecule has 3 heteroatoms. The lowest BCUT2D eigenvalue weighted by molar-refractivity contribution is 1.18. The third kappa shape index (κ3) is 2.44. The van der Waals surface area contributed by atoms with Gasteiger partial charge in [0.2, 0.25) is 0 Å². The van der Waals surface area contributed by atoms with Crippen molar-refractivity contribution in [2.75, 3.05) is 17.7 Å². The Morgan fingerprint density at radius 1 is 1.06 bits per heavy atom. The molecule has 0 aliphatic heterocycles. The Balaban J connectivity index is 2.42. The van der Waals surface area contributed by atoms with Crippen molar-refractivity contribution in [1.29, 1.82) is 0 Å². The number of aryl methyl sites for hydroxylation is 2. The lowest BCUT2D eigenvalue weighted by Gasteiger charge is -2.22. The van der Waals surface area contributed by atoms with E-state index in [0.29, 0.717) is 10.7 Å². The number of benzene rings is 2. The van der Waals surface area contributed by atoms with Crippen molar-refractivity contribution in [1.82, 2.24) is 0 Å².